The molecule has 2 aromatic rings. The van der Waals surface area contributed by atoms with E-state index < -0.39 is 0 Å². The molecule has 0 amide bonds. The summed E-state index contributed by atoms with van der Waals surface area (Å²) in [5.74, 6) is 0.763. The van der Waals surface area contributed by atoms with Crippen molar-refractivity contribution in [2.24, 2.45) is 0 Å². The topological polar surface area (TPSA) is 52.0 Å². The molecule has 0 aliphatic heterocycles. The van der Waals surface area contributed by atoms with E-state index in [-0.39, 0.29) is 6.01 Å². The number of rotatable bonds is 1. The molecule has 2 N–H and O–H groups in total. The van der Waals surface area contributed by atoms with Crippen LogP contribution in [0.1, 0.15) is 16.9 Å². The van der Waals surface area contributed by atoms with Crippen LogP contribution in [0.3, 0.4) is 0 Å². The Kier molecular flexibility index (Phi) is 2.23. The molecular weight excluding hydrogens is 188 g/mol. The number of nitrogen functional groups attached to an aromatic ring is 1. The SMILES string of the molecule is Cc1ccc(-c2nc(N)oc2C)c(C)c1. The molecule has 0 atom stereocenters. The molecule has 1 heterocycles. The van der Waals surface area contributed by atoms with Crippen LogP contribution in [0.4, 0.5) is 6.01 Å². The zero-order valence-corrected chi connectivity index (χ0v) is 9.16. The smallest absolute Gasteiger partial charge is 0.292 e. The van der Waals surface area contributed by atoms with Crippen molar-refractivity contribution in [2.45, 2.75) is 20.8 Å². The van der Waals surface area contributed by atoms with Gasteiger partial charge in [0.1, 0.15) is 11.5 Å². The zero-order valence-electron chi connectivity index (χ0n) is 9.16. The molecule has 0 saturated heterocycles. The number of benzene rings is 1. The largest absolute Gasteiger partial charge is 0.429 e. The molecule has 3 nitrogen and oxygen atoms in total. The standard InChI is InChI=1S/C12H14N2O/c1-7-4-5-10(8(2)6-7)11-9(3)15-12(13)14-11/h4-6H,1-3H3,(H2,13,14). The molecule has 78 valence electrons. The molecule has 3 heteroatoms. The number of aryl methyl sites for hydroxylation is 3. The summed E-state index contributed by atoms with van der Waals surface area (Å²) < 4.78 is 5.22. The van der Waals surface area contributed by atoms with Gasteiger partial charge in [-0.15, -0.1) is 0 Å². The highest BCUT2D eigenvalue weighted by Crippen LogP contribution is 2.27. The number of anilines is 1. The summed E-state index contributed by atoms with van der Waals surface area (Å²) in [6.45, 7) is 6.01. The van der Waals surface area contributed by atoms with E-state index in [1.807, 2.05) is 6.92 Å². The first-order valence-corrected chi connectivity index (χ1v) is 4.88. The van der Waals surface area contributed by atoms with Crippen LogP contribution in [0.15, 0.2) is 22.6 Å². The van der Waals surface area contributed by atoms with Crippen LogP contribution in [0.2, 0.25) is 0 Å². The van der Waals surface area contributed by atoms with Crippen molar-refractivity contribution >= 4 is 6.01 Å². The van der Waals surface area contributed by atoms with Gasteiger partial charge in [0.05, 0.1) is 0 Å². The Hall–Kier alpha value is -1.77. The van der Waals surface area contributed by atoms with Crippen molar-refractivity contribution in [1.29, 1.82) is 0 Å². The number of hydrogen-bond acceptors (Lipinski definition) is 3. The Morgan fingerprint density at radius 3 is 2.47 bits per heavy atom. The third kappa shape index (κ3) is 1.73. The summed E-state index contributed by atoms with van der Waals surface area (Å²) in [5, 5.41) is 0. The molecule has 0 aliphatic carbocycles. The third-order valence-corrected chi connectivity index (χ3v) is 2.45. The van der Waals surface area contributed by atoms with Crippen molar-refractivity contribution in [3.63, 3.8) is 0 Å². The van der Waals surface area contributed by atoms with Gasteiger partial charge in [-0.3, -0.25) is 0 Å². The van der Waals surface area contributed by atoms with E-state index >= 15 is 0 Å². The molecule has 2 rings (SSSR count). The van der Waals surface area contributed by atoms with E-state index in [1.54, 1.807) is 0 Å². The van der Waals surface area contributed by atoms with Gasteiger partial charge in [-0.1, -0.05) is 23.8 Å². The fourth-order valence-corrected chi connectivity index (χ4v) is 1.75. The zero-order chi connectivity index (χ0) is 11.0. The fraction of sp³-hybridized carbons (Fsp3) is 0.250. The Morgan fingerprint density at radius 2 is 1.93 bits per heavy atom. The normalized spacial score (nSPS) is 10.6. The van der Waals surface area contributed by atoms with E-state index in [2.05, 4.69) is 37.0 Å². The summed E-state index contributed by atoms with van der Waals surface area (Å²) >= 11 is 0. The fourth-order valence-electron chi connectivity index (χ4n) is 1.75. The number of nitrogens with two attached hydrogens (primary N) is 1. The van der Waals surface area contributed by atoms with Crippen LogP contribution in [-0.2, 0) is 0 Å². The second kappa shape index (κ2) is 3.42. The summed E-state index contributed by atoms with van der Waals surface area (Å²) in [6.07, 6.45) is 0. The maximum atomic E-state index is 5.52. The molecule has 0 bridgehead atoms. The maximum Gasteiger partial charge on any atom is 0.292 e. The minimum Gasteiger partial charge on any atom is -0.429 e. The average molecular weight is 202 g/mol. The van der Waals surface area contributed by atoms with Gasteiger partial charge in [0.2, 0.25) is 0 Å². The summed E-state index contributed by atoms with van der Waals surface area (Å²) in [5.41, 5.74) is 9.87. The van der Waals surface area contributed by atoms with E-state index in [4.69, 9.17) is 10.2 Å². The van der Waals surface area contributed by atoms with Gasteiger partial charge < -0.3 is 10.2 Å². The van der Waals surface area contributed by atoms with E-state index in [1.165, 1.54) is 11.1 Å². The van der Waals surface area contributed by atoms with Crippen LogP contribution in [0, 0.1) is 20.8 Å². The van der Waals surface area contributed by atoms with Crippen molar-refractivity contribution < 1.29 is 4.42 Å². The minimum absolute atomic E-state index is 0.225. The predicted octanol–water partition coefficient (Wildman–Crippen LogP) is 2.85. The molecule has 0 fully saturated rings. The lowest BCUT2D eigenvalue weighted by molar-refractivity contribution is 0.549. The van der Waals surface area contributed by atoms with Crippen LogP contribution in [0.5, 0.6) is 0 Å². The Morgan fingerprint density at radius 1 is 1.20 bits per heavy atom. The number of aromatic nitrogens is 1. The lowest BCUT2D eigenvalue weighted by atomic mass is 10.0. The maximum absolute atomic E-state index is 5.52. The molecule has 15 heavy (non-hydrogen) atoms. The molecule has 0 aliphatic rings. The lowest BCUT2D eigenvalue weighted by Gasteiger charge is -2.03. The molecule has 0 saturated carbocycles. The molecule has 1 aromatic heterocycles. The first-order valence-electron chi connectivity index (χ1n) is 4.88. The number of nitrogens with zero attached hydrogens (tertiary/aromatic N) is 1. The van der Waals surface area contributed by atoms with Gasteiger partial charge in [-0.2, -0.15) is 4.98 Å². The van der Waals surface area contributed by atoms with Gasteiger partial charge in [-0.05, 0) is 26.3 Å². The van der Waals surface area contributed by atoms with Gasteiger partial charge >= 0.3 is 0 Å². The molecule has 0 spiro atoms. The highest BCUT2D eigenvalue weighted by Gasteiger charge is 2.11. The second-order valence-corrected chi connectivity index (χ2v) is 3.78. The Bertz CT molecular complexity index is 500. The minimum atomic E-state index is 0.225. The van der Waals surface area contributed by atoms with Crippen LogP contribution in [0.25, 0.3) is 11.3 Å². The first kappa shape index (κ1) is 9.77. The van der Waals surface area contributed by atoms with Gasteiger partial charge in [0.15, 0.2) is 0 Å². The van der Waals surface area contributed by atoms with Gasteiger partial charge in [0.25, 0.3) is 6.01 Å². The van der Waals surface area contributed by atoms with Crippen molar-refractivity contribution in [3.05, 3.63) is 35.1 Å². The van der Waals surface area contributed by atoms with E-state index in [0.29, 0.717) is 0 Å². The third-order valence-electron chi connectivity index (χ3n) is 2.45. The van der Waals surface area contributed by atoms with Crippen LogP contribution in [-0.4, -0.2) is 4.98 Å². The van der Waals surface area contributed by atoms with Gasteiger partial charge in [0, 0.05) is 5.56 Å². The summed E-state index contributed by atoms with van der Waals surface area (Å²) in [7, 11) is 0. The van der Waals surface area contributed by atoms with Crippen molar-refractivity contribution in [3.8, 4) is 11.3 Å². The summed E-state index contributed by atoms with van der Waals surface area (Å²) in [6, 6.07) is 6.46. The van der Waals surface area contributed by atoms with Crippen molar-refractivity contribution in [2.75, 3.05) is 5.73 Å². The van der Waals surface area contributed by atoms with Crippen LogP contribution < -0.4 is 5.73 Å². The lowest BCUT2D eigenvalue weighted by Crippen LogP contribution is -1.88. The van der Waals surface area contributed by atoms with E-state index in [9.17, 15) is 0 Å². The molecule has 0 unspecified atom stereocenters. The first-order chi connectivity index (χ1) is 7.08. The van der Waals surface area contributed by atoms with E-state index in [0.717, 1.165) is 17.0 Å². The monoisotopic (exact) mass is 202 g/mol. The number of hydrogen-bond donors (Lipinski definition) is 1. The highest BCUT2D eigenvalue weighted by molar-refractivity contribution is 5.66. The Labute approximate surface area is 88.9 Å². The average Bonchev–Trinajstić information content (AvgIpc) is 2.45. The predicted molar refractivity (Wildman–Crippen MR) is 60.6 cm³/mol. The Balaban J connectivity index is 2.59. The quantitative estimate of drug-likeness (QED) is 0.773. The van der Waals surface area contributed by atoms with Crippen molar-refractivity contribution in [1.82, 2.24) is 4.98 Å². The highest BCUT2D eigenvalue weighted by atomic mass is 16.4. The van der Waals surface area contributed by atoms with Crippen LogP contribution >= 0.6 is 0 Å². The molecule has 0 radical (unpaired) electrons. The molecular formula is C12H14N2O. The molecule has 1 aromatic carbocycles. The second-order valence-electron chi connectivity index (χ2n) is 3.78. The van der Waals surface area contributed by atoms with Gasteiger partial charge in [-0.25, -0.2) is 0 Å². The summed E-state index contributed by atoms with van der Waals surface area (Å²) in [4.78, 5) is 4.18. The number of oxazole rings is 1.